The molecule has 0 aromatic rings. The van der Waals surface area contributed by atoms with Gasteiger partial charge in [-0.2, -0.15) is 0 Å². The van der Waals surface area contributed by atoms with Crippen molar-refractivity contribution in [2.75, 3.05) is 0 Å². The van der Waals surface area contributed by atoms with Gasteiger partial charge in [0.05, 0.1) is 0 Å². The van der Waals surface area contributed by atoms with E-state index in [1.807, 2.05) is 0 Å². The molecule has 0 amide bonds. The van der Waals surface area contributed by atoms with Crippen molar-refractivity contribution >= 4 is 23.5 Å². The Morgan fingerprint density at radius 1 is 0.739 bits per heavy atom. The third-order valence-electron chi connectivity index (χ3n) is 2.39. The zero-order valence-electron chi connectivity index (χ0n) is 13.4. The number of Topliss-reactive ketones (excluding diaryl/α,β-unsaturated/α-hetero) is 2. The predicted molar refractivity (Wildman–Crippen MR) is 73.1 cm³/mol. The second-order valence-corrected chi connectivity index (χ2v) is 6.29. The van der Waals surface area contributed by atoms with Crippen molar-refractivity contribution < 1.29 is 62.3 Å². The summed E-state index contributed by atoms with van der Waals surface area (Å²) in [6.45, 7) is 5.95. The third-order valence-corrected chi connectivity index (χ3v) is 2.39. The van der Waals surface area contributed by atoms with Crippen molar-refractivity contribution in [1.82, 2.24) is 0 Å². The average Bonchev–Trinajstić information content (AvgIpc) is 2.26. The molecule has 0 heterocycles. The fourth-order valence-corrected chi connectivity index (χ4v) is 1.27. The molecule has 0 aromatic heterocycles. The van der Waals surface area contributed by atoms with Crippen LogP contribution in [0.15, 0.2) is 0 Å². The molecule has 11 heteroatoms. The van der Waals surface area contributed by atoms with Crippen LogP contribution >= 0.6 is 0 Å². The van der Waals surface area contributed by atoms with Crippen LogP contribution in [-0.4, -0.2) is 48.5 Å². The Kier molecular flexibility index (Phi) is 15.4. The molecule has 0 radical (unpaired) electrons. The van der Waals surface area contributed by atoms with Gasteiger partial charge in [0.2, 0.25) is 0 Å². The summed E-state index contributed by atoms with van der Waals surface area (Å²) in [6.07, 6.45) is 0.759. The monoisotopic (exact) mass is 376 g/mol. The van der Waals surface area contributed by atoms with Crippen LogP contribution in [0.1, 0.15) is 40.5 Å². The Morgan fingerprint density at radius 3 is 0.913 bits per heavy atom. The van der Waals surface area contributed by atoms with Gasteiger partial charge in [0.25, 0.3) is 0 Å². The van der Waals surface area contributed by atoms with E-state index in [4.69, 9.17) is 25.0 Å². The van der Waals surface area contributed by atoms with Crippen LogP contribution in [0, 0.1) is 11.8 Å². The Balaban J connectivity index is -0.000000273. The summed E-state index contributed by atoms with van der Waals surface area (Å²) in [5, 5.41) is 16.6. The van der Waals surface area contributed by atoms with Gasteiger partial charge in [0.15, 0.2) is 0 Å². The molecule has 0 aliphatic rings. The average molecular weight is 376 g/mol. The predicted octanol–water partition coefficient (Wildman–Crippen LogP) is -0.858. The van der Waals surface area contributed by atoms with Crippen molar-refractivity contribution in [2.24, 2.45) is 11.8 Å². The fourth-order valence-electron chi connectivity index (χ4n) is 1.27. The van der Waals surface area contributed by atoms with Crippen molar-refractivity contribution in [3.05, 3.63) is 0 Å². The van der Waals surface area contributed by atoms with Crippen LogP contribution in [0.3, 0.4) is 0 Å². The summed E-state index contributed by atoms with van der Waals surface area (Å²) < 4.78 is 29.5. The van der Waals surface area contributed by atoms with E-state index >= 15 is 0 Å². The number of hydrogen-bond donors (Lipinski definition) is 6. The molecule has 10 nitrogen and oxygen atoms in total. The summed E-state index contributed by atoms with van der Waals surface area (Å²) in [4.78, 5) is 41.2. The van der Waals surface area contributed by atoms with Crippen LogP contribution in [0.5, 0.6) is 0 Å². The number of carbonyl (C=O) groups excluding carboxylic acids is 2. The maximum atomic E-state index is 10.4. The van der Waals surface area contributed by atoms with Gasteiger partial charge in [-0.3, -0.25) is 19.2 Å². The number of rotatable bonds is 6. The molecule has 23 heavy (non-hydrogen) atoms. The second-order valence-electron chi connectivity index (χ2n) is 4.42. The van der Waals surface area contributed by atoms with Crippen LogP contribution in [-0.2, 0) is 37.3 Å². The van der Waals surface area contributed by atoms with Crippen LogP contribution in [0.4, 0.5) is 0 Å². The van der Waals surface area contributed by atoms with Crippen molar-refractivity contribution in [2.45, 2.75) is 40.5 Å². The van der Waals surface area contributed by atoms with E-state index in [1.165, 1.54) is 13.8 Å². The van der Waals surface area contributed by atoms with Gasteiger partial charge in [-0.15, -0.1) is 0 Å². The summed E-state index contributed by atoms with van der Waals surface area (Å²) in [5.74, 6) is -4.19. The van der Waals surface area contributed by atoms with Crippen LogP contribution in [0.2, 0.25) is 0 Å². The molecule has 0 aromatic carbocycles. The minimum absolute atomic E-state index is 0.273. The quantitative estimate of drug-likeness (QED) is 0.251. The van der Waals surface area contributed by atoms with E-state index in [0.717, 1.165) is 0 Å². The van der Waals surface area contributed by atoms with Gasteiger partial charge in [-0.05, 0) is 26.7 Å². The molecule has 136 valence electrons. The topological polar surface area (TPSA) is 190 Å². The fraction of sp³-hybridized carbons (Fsp3) is 0.667. The maximum absolute atomic E-state index is 10.4. The number of hydrogen-bond acceptors (Lipinski definition) is 8. The van der Waals surface area contributed by atoms with Crippen LogP contribution < -0.4 is 0 Å². The molecule has 0 aliphatic heterocycles. The summed E-state index contributed by atoms with van der Waals surface area (Å²) in [7, 11) is 0. The number of carboxylic acid groups (broad SMARTS) is 2. The third kappa shape index (κ3) is 20.8. The summed E-state index contributed by atoms with van der Waals surface area (Å²) in [6, 6.07) is 0. The minimum atomic E-state index is -5.00. The molecule has 0 rings (SSSR count). The zero-order chi connectivity index (χ0) is 19.4. The van der Waals surface area contributed by atoms with E-state index in [1.54, 1.807) is 13.8 Å². The molecule has 2 atom stereocenters. The molecule has 0 saturated carbocycles. The number of aliphatic carboxylic acids is 2. The van der Waals surface area contributed by atoms with E-state index in [2.05, 4.69) is 0 Å². The number of ketones is 2. The first kappa shape index (κ1) is 26.7. The van der Waals surface area contributed by atoms with E-state index in [0.29, 0.717) is 12.8 Å². The molecular formula is C12H24O10Ti. The summed E-state index contributed by atoms with van der Waals surface area (Å²) >= 11 is -5.00. The van der Waals surface area contributed by atoms with Gasteiger partial charge in [0.1, 0.15) is 23.4 Å². The van der Waals surface area contributed by atoms with Gasteiger partial charge in [-0.25, -0.2) is 0 Å². The SMILES string of the molecule is CCC(C(C)=O)C(=O)O.CCC(C(C)=O)C(=O)O.[OH][Ti]([OH])([OH])[OH]. The van der Waals surface area contributed by atoms with E-state index < -0.39 is 41.9 Å². The van der Waals surface area contributed by atoms with Crippen molar-refractivity contribution in [3.8, 4) is 0 Å². The van der Waals surface area contributed by atoms with Gasteiger partial charge >= 0.3 is 44.8 Å². The molecule has 0 bridgehead atoms. The van der Waals surface area contributed by atoms with Gasteiger partial charge in [-0.1, -0.05) is 13.8 Å². The van der Waals surface area contributed by atoms with Crippen molar-refractivity contribution in [1.29, 1.82) is 0 Å². The van der Waals surface area contributed by atoms with E-state index in [-0.39, 0.29) is 11.6 Å². The second kappa shape index (κ2) is 13.3. The Hall–Kier alpha value is -1.17. The first-order valence-corrected chi connectivity index (χ1v) is 9.34. The number of carboxylic acids is 2. The first-order valence-electron chi connectivity index (χ1n) is 6.54. The normalized spacial score (nSPS) is 12.5. The van der Waals surface area contributed by atoms with Crippen molar-refractivity contribution in [3.63, 3.8) is 0 Å². The first-order chi connectivity index (χ1) is 10.2. The zero-order valence-corrected chi connectivity index (χ0v) is 14.9. The molecular weight excluding hydrogens is 352 g/mol. The van der Waals surface area contributed by atoms with E-state index in [9.17, 15) is 19.2 Å². The molecule has 2 unspecified atom stereocenters. The van der Waals surface area contributed by atoms with Gasteiger partial charge in [0, 0.05) is 0 Å². The molecule has 0 spiro atoms. The Morgan fingerprint density at radius 2 is 0.913 bits per heavy atom. The standard InChI is InChI=1S/2C6H10O3.4H2O.Ti/c2*1-3-5(4(2)7)6(8)9;;;;;/h2*5H,3H2,1-2H3,(H,8,9);4*1H2;/q;;;;;;+4/p-4. The molecule has 0 aliphatic carbocycles. The Labute approximate surface area is 138 Å². The summed E-state index contributed by atoms with van der Waals surface area (Å²) in [5.41, 5.74) is 0. The molecule has 0 fully saturated rings. The van der Waals surface area contributed by atoms with Gasteiger partial charge < -0.3 is 10.2 Å². The number of carbonyl (C=O) groups is 4. The van der Waals surface area contributed by atoms with Crippen LogP contribution in [0.25, 0.3) is 0 Å². The molecule has 6 N–H and O–H groups in total. The Bertz CT molecular complexity index is 335. The molecule has 0 saturated heterocycles.